The van der Waals surface area contributed by atoms with Crippen molar-refractivity contribution in [3.05, 3.63) is 70.9 Å². The minimum atomic E-state index is -0.0235. The number of halogens is 1. The fourth-order valence-electron chi connectivity index (χ4n) is 3.57. The standard InChI is InChI=1S/C23H24ClN3O3/c1-17-21(22(25-30-17)18-5-3-2-4-6-18)23(28)27-13-11-26(12-14-27)15-16-29-20-9-7-19(24)8-10-20/h2-10H,11-16H2,1H3. The number of carbonyl (C=O) groups is 1. The van der Waals surface area contributed by atoms with Gasteiger partial charge in [0.1, 0.15) is 29.4 Å². The molecule has 156 valence electrons. The number of hydrogen-bond acceptors (Lipinski definition) is 5. The van der Waals surface area contributed by atoms with E-state index in [1.165, 1.54) is 0 Å². The van der Waals surface area contributed by atoms with Crippen molar-refractivity contribution in [2.24, 2.45) is 0 Å². The Labute approximate surface area is 181 Å². The molecule has 3 aromatic rings. The van der Waals surface area contributed by atoms with Gasteiger partial charge in [0.05, 0.1) is 0 Å². The molecule has 30 heavy (non-hydrogen) atoms. The number of piperazine rings is 1. The highest BCUT2D eigenvalue weighted by atomic mass is 35.5. The second kappa shape index (κ2) is 9.32. The summed E-state index contributed by atoms with van der Waals surface area (Å²) in [5, 5.41) is 4.83. The lowest BCUT2D eigenvalue weighted by Crippen LogP contribution is -2.49. The molecule has 1 aromatic heterocycles. The molecule has 1 aliphatic rings. The molecule has 2 heterocycles. The predicted molar refractivity (Wildman–Crippen MR) is 116 cm³/mol. The van der Waals surface area contributed by atoms with E-state index in [1.807, 2.05) is 59.5 Å². The molecule has 0 unspecified atom stereocenters. The molecule has 7 heteroatoms. The number of carbonyl (C=O) groups excluding carboxylic acids is 1. The van der Waals surface area contributed by atoms with E-state index in [4.69, 9.17) is 20.9 Å². The zero-order valence-corrected chi connectivity index (χ0v) is 17.6. The topological polar surface area (TPSA) is 58.8 Å². The van der Waals surface area contributed by atoms with Crippen molar-refractivity contribution in [3.8, 4) is 17.0 Å². The fraction of sp³-hybridized carbons (Fsp3) is 0.304. The van der Waals surface area contributed by atoms with Gasteiger partial charge in [0.15, 0.2) is 0 Å². The monoisotopic (exact) mass is 425 g/mol. The smallest absolute Gasteiger partial charge is 0.259 e. The maximum absolute atomic E-state index is 13.2. The highest BCUT2D eigenvalue weighted by molar-refractivity contribution is 6.30. The highest BCUT2D eigenvalue weighted by Crippen LogP contribution is 2.26. The minimum Gasteiger partial charge on any atom is -0.492 e. The van der Waals surface area contributed by atoms with Crippen molar-refractivity contribution in [1.82, 2.24) is 15.0 Å². The number of aromatic nitrogens is 1. The summed E-state index contributed by atoms with van der Waals surface area (Å²) in [5.41, 5.74) is 2.05. The molecule has 0 aliphatic carbocycles. The third-order valence-corrected chi connectivity index (χ3v) is 5.53. The van der Waals surface area contributed by atoms with Gasteiger partial charge in [-0.05, 0) is 31.2 Å². The second-order valence-corrected chi connectivity index (χ2v) is 7.70. The van der Waals surface area contributed by atoms with Crippen LogP contribution in [0.4, 0.5) is 0 Å². The van der Waals surface area contributed by atoms with Crippen LogP contribution in [0.25, 0.3) is 11.3 Å². The number of hydrogen-bond donors (Lipinski definition) is 0. The first-order valence-electron chi connectivity index (χ1n) is 10.0. The molecule has 0 atom stereocenters. The van der Waals surface area contributed by atoms with Crippen molar-refractivity contribution >= 4 is 17.5 Å². The van der Waals surface area contributed by atoms with Crippen LogP contribution in [-0.2, 0) is 0 Å². The summed E-state index contributed by atoms with van der Waals surface area (Å²) in [6, 6.07) is 17.0. The zero-order valence-electron chi connectivity index (χ0n) is 16.9. The second-order valence-electron chi connectivity index (χ2n) is 7.26. The summed E-state index contributed by atoms with van der Waals surface area (Å²) in [4.78, 5) is 17.4. The Kier molecular flexibility index (Phi) is 6.35. The normalized spacial score (nSPS) is 14.7. The quantitative estimate of drug-likeness (QED) is 0.594. The van der Waals surface area contributed by atoms with Crippen LogP contribution in [0.2, 0.25) is 5.02 Å². The van der Waals surface area contributed by atoms with E-state index in [2.05, 4.69) is 10.1 Å². The molecular weight excluding hydrogens is 402 g/mol. The Morgan fingerprint density at radius 1 is 1.07 bits per heavy atom. The van der Waals surface area contributed by atoms with Gasteiger partial charge in [-0.25, -0.2) is 0 Å². The molecule has 0 spiro atoms. The largest absolute Gasteiger partial charge is 0.492 e. The van der Waals surface area contributed by atoms with Crippen LogP contribution in [0, 0.1) is 6.92 Å². The van der Waals surface area contributed by atoms with Crippen LogP contribution >= 0.6 is 11.6 Å². The molecule has 0 saturated carbocycles. The van der Waals surface area contributed by atoms with Crippen LogP contribution < -0.4 is 4.74 Å². The van der Waals surface area contributed by atoms with Gasteiger partial charge in [-0.1, -0.05) is 47.1 Å². The summed E-state index contributed by atoms with van der Waals surface area (Å²) in [5.74, 6) is 1.34. The Morgan fingerprint density at radius 2 is 1.77 bits per heavy atom. The number of aryl methyl sites for hydroxylation is 1. The lowest BCUT2D eigenvalue weighted by molar-refractivity contribution is 0.0619. The Hall–Kier alpha value is -2.83. The van der Waals surface area contributed by atoms with Gasteiger partial charge in [0.25, 0.3) is 5.91 Å². The van der Waals surface area contributed by atoms with Gasteiger partial charge in [-0.3, -0.25) is 9.69 Å². The van der Waals surface area contributed by atoms with E-state index in [9.17, 15) is 4.79 Å². The van der Waals surface area contributed by atoms with Crippen LogP contribution in [0.15, 0.2) is 59.1 Å². The first-order valence-corrected chi connectivity index (χ1v) is 10.4. The molecule has 0 bridgehead atoms. The van der Waals surface area contributed by atoms with Gasteiger partial charge in [0.2, 0.25) is 0 Å². The van der Waals surface area contributed by atoms with E-state index < -0.39 is 0 Å². The number of benzene rings is 2. The number of ether oxygens (including phenoxy) is 1. The molecular formula is C23H24ClN3O3. The van der Waals surface area contributed by atoms with Crippen molar-refractivity contribution in [2.45, 2.75) is 6.92 Å². The summed E-state index contributed by atoms with van der Waals surface area (Å²) in [7, 11) is 0. The molecule has 1 fully saturated rings. The summed E-state index contributed by atoms with van der Waals surface area (Å²) >= 11 is 5.89. The molecule has 0 radical (unpaired) electrons. The van der Waals surface area contributed by atoms with Crippen molar-refractivity contribution < 1.29 is 14.1 Å². The molecule has 1 saturated heterocycles. The van der Waals surface area contributed by atoms with Gasteiger partial charge < -0.3 is 14.2 Å². The zero-order chi connectivity index (χ0) is 20.9. The van der Waals surface area contributed by atoms with Crippen LogP contribution in [-0.4, -0.2) is 60.2 Å². The van der Waals surface area contributed by atoms with Crippen LogP contribution in [0.1, 0.15) is 16.1 Å². The van der Waals surface area contributed by atoms with Crippen LogP contribution in [0.5, 0.6) is 5.75 Å². The van der Waals surface area contributed by atoms with Crippen molar-refractivity contribution in [3.63, 3.8) is 0 Å². The van der Waals surface area contributed by atoms with Gasteiger partial charge in [-0.15, -0.1) is 0 Å². The first kappa shape index (κ1) is 20.4. The van der Waals surface area contributed by atoms with Crippen molar-refractivity contribution in [1.29, 1.82) is 0 Å². The van der Waals surface area contributed by atoms with Gasteiger partial charge in [0, 0.05) is 43.3 Å². The molecule has 1 aliphatic heterocycles. The first-order chi connectivity index (χ1) is 14.6. The van der Waals surface area contributed by atoms with Gasteiger partial charge in [-0.2, -0.15) is 0 Å². The van der Waals surface area contributed by atoms with Gasteiger partial charge >= 0.3 is 0 Å². The number of nitrogens with zero attached hydrogens (tertiary/aromatic N) is 3. The molecule has 4 rings (SSSR count). The molecule has 2 aromatic carbocycles. The highest BCUT2D eigenvalue weighted by Gasteiger charge is 2.28. The molecule has 0 N–H and O–H groups in total. The summed E-state index contributed by atoms with van der Waals surface area (Å²) in [6.07, 6.45) is 0. The average Bonchev–Trinajstić information content (AvgIpc) is 3.17. The van der Waals surface area contributed by atoms with E-state index >= 15 is 0 Å². The van der Waals surface area contributed by atoms with Crippen molar-refractivity contribution in [2.75, 3.05) is 39.3 Å². The number of amides is 1. The predicted octanol–water partition coefficient (Wildman–Crippen LogP) is 4.14. The summed E-state index contributed by atoms with van der Waals surface area (Å²) in [6.45, 7) is 6.14. The fourth-order valence-corrected chi connectivity index (χ4v) is 3.70. The Bertz CT molecular complexity index is 981. The maximum atomic E-state index is 13.2. The minimum absolute atomic E-state index is 0.0235. The maximum Gasteiger partial charge on any atom is 0.259 e. The Morgan fingerprint density at radius 3 is 2.47 bits per heavy atom. The number of rotatable bonds is 6. The summed E-state index contributed by atoms with van der Waals surface area (Å²) < 4.78 is 11.1. The average molecular weight is 426 g/mol. The lowest BCUT2D eigenvalue weighted by atomic mass is 10.0. The third-order valence-electron chi connectivity index (χ3n) is 5.27. The van der Waals surface area contributed by atoms with E-state index in [0.717, 1.165) is 30.9 Å². The third kappa shape index (κ3) is 4.66. The SMILES string of the molecule is Cc1onc(-c2ccccc2)c1C(=O)N1CCN(CCOc2ccc(Cl)cc2)CC1. The van der Waals surface area contributed by atoms with E-state index in [-0.39, 0.29) is 5.91 Å². The Balaban J connectivity index is 1.32. The molecule has 1 amide bonds. The lowest BCUT2D eigenvalue weighted by Gasteiger charge is -2.34. The molecule has 6 nitrogen and oxygen atoms in total. The van der Waals surface area contributed by atoms with Crippen LogP contribution in [0.3, 0.4) is 0 Å². The van der Waals surface area contributed by atoms with E-state index in [0.29, 0.717) is 41.7 Å². The van der Waals surface area contributed by atoms with E-state index in [1.54, 1.807) is 6.92 Å².